The van der Waals surface area contributed by atoms with Crippen LogP contribution in [0.1, 0.15) is 239 Å². The van der Waals surface area contributed by atoms with Crippen LogP contribution in [0.25, 0.3) is 0 Å². The fourth-order valence-corrected chi connectivity index (χ4v) is 6.97. The average molecular weight is 1890 g/mol. The molecule has 0 aliphatic rings. The molecule has 0 saturated carbocycles. The van der Waals surface area contributed by atoms with Crippen LogP contribution in [0.5, 0.6) is 0 Å². The Kier molecular flexibility index (Phi) is 197. The molecule has 0 aliphatic carbocycles. The van der Waals surface area contributed by atoms with Crippen LogP contribution in [0.2, 0.25) is 0 Å². The minimum atomic E-state index is -1.11. The number of hydrogen-bond acceptors (Lipinski definition) is 14. The summed E-state index contributed by atoms with van der Waals surface area (Å²) in [5.41, 5.74) is 0. The summed E-state index contributed by atoms with van der Waals surface area (Å²) < 4.78 is 9.56. The van der Waals surface area contributed by atoms with Crippen molar-refractivity contribution in [3.05, 3.63) is 224 Å². The zero-order chi connectivity index (χ0) is 80.8. The minimum Gasteiger partial charge on any atom is -1.00 e. The molecule has 11 atom stereocenters. The van der Waals surface area contributed by atoms with Crippen molar-refractivity contribution in [3.63, 3.8) is 0 Å². The van der Waals surface area contributed by atoms with Crippen LogP contribution < -0.4 is 185 Å². The molecule has 0 heterocycles. The zero-order valence-electron chi connectivity index (χ0n) is 72.3. The van der Waals surface area contributed by atoms with Crippen molar-refractivity contribution in [1.29, 1.82) is 0 Å². The van der Waals surface area contributed by atoms with Gasteiger partial charge in [-0.25, -0.2) is 0 Å². The smallest absolute Gasteiger partial charge is 1.00 e. The monoisotopic (exact) mass is 1890 g/mol. The molecule has 0 aliphatic heterocycles. The number of aliphatic hydroxyl groups is 6. The van der Waals surface area contributed by atoms with Crippen molar-refractivity contribution in [2.24, 2.45) is 29.6 Å². The number of allylic oxidation sites excluding steroid dienone is 21. The summed E-state index contributed by atoms with van der Waals surface area (Å²) in [6.07, 6.45) is 70.9. The zero-order valence-corrected chi connectivity index (χ0v) is 86.4. The standard InChI is InChI=1S/C22H34O5.C20H30O5.C16H24O.C9H20.C7H14O.C7H16.2C2H4.CH2Cl2.CO2.CH4.2CH3.2HI.2K.Na/c1-3-19(23)13-10-7-11-16-20(24)14-8-5-6-9-15-21(25)17-12-18-22(26)27-4-2;1-2-17(21)11-8-5-9-14-18(22)12-6-3-4-7-13-19(23)15-10-16-20(24)25;1-4-15(2)11-7-5-8-12-16(3)13-9-6-10-14-17;1-4-6-7-8-9(3)5-2;1-4-7(2)5-6-8-3;1-4-6-7(3)5-2;2*1-2;2*2-1-3;;;;;;;;/h5-11,13-15,19-21,23-25H,3-4,12,16-18H2,1-2H3;3-9,11-13,17-19,21-23H,2,10,14-16H2,1H3,(H,24,25);5-11,13-16H,4,12H2,1-3H3;9H,4-8H2,1-3H3;5-7H,4H2,1-3H3;7H,4-6H2,1-3H3;2*1-2H2;1H2;;1H4;2*1H3;2*1H;;;/q;;;;;;;;;;;2*-1;;;3*+1/p-3/b6-5+,11-7-,13-10+,14-8+,15-9-;4-3+,9-5-,11-8+,12-6+,13-7-;8-5-,10-6+,11-7+,13-9+;;6-5+;;;;;;;;;;;;;/t19-,20+,21-;17-,18+,19-;15-,16-;9-;2*7-;;;;;;;;;;;;/m111110............/s1. The Morgan fingerprint density at radius 1 is 0.432 bits per heavy atom. The normalized spacial score (nSPS) is 13.5. The Hall–Kier alpha value is -0.557. The Labute approximate surface area is 833 Å². The van der Waals surface area contributed by atoms with Crippen LogP contribution in [0.3, 0.4) is 0 Å². The van der Waals surface area contributed by atoms with E-state index >= 15 is 0 Å². The van der Waals surface area contributed by atoms with E-state index in [2.05, 4.69) is 139 Å². The maximum absolute atomic E-state index is 11.2. The van der Waals surface area contributed by atoms with Gasteiger partial charge in [-0.15, -0.1) is 49.5 Å². The second kappa shape index (κ2) is 141. The number of esters is 1. The molecular weight excluding hydrogens is 1730 g/mol. The van der Waals surface area contributed by atoms with Crippen LogP contribution in [-0.2, 0) is 33.4 Å². The molecule has 0 bridgehead atoms. The Bertz CT molecular complexity index is 2300. The summed E-state index contributed by atoms with van der Waals surface area (Å²) >= 11 is 9.53. The van der Waals surface area contributed by atoms with E-state index in [4.69, 9.17) is 42.3 Å². The molecule has 14 nitrogen and oxygen atoms in total. The van der Waals surface area contributed by atoms with E-state index in [0.717, 1.165) is 24.5 Å². The van der Waals surface area contributed by atoms with Gasteiger partial charge in [-0.3, -0.25) is 9.59 Å². The van der Waals surface area contributed by atoms with Crippen molar-refractivity contribution < 1.29 is 249 Å². The fourth-order valence-electron chi connectivity index (χ4n) is 6.97. The quantitative estimate of drug-likeness (QED) is 0.00305. The number of carbonyl (C=O) groups is 3. The number of halogens is 4. The first-order valence-electron chi connectivity index (χ1n) is 37.0. The average Bonchev–Trinajstić information content (AvgIpc) is 1.04. The summed E-state index contributed by atoms with van der Waals surface area (Å²) in [7, 11) is 1.67. The van der Waals surface area contributed by atoms with E-state index in [0.29, 0.717) is 82.1 Å². The Morgan fingerprint density at radius 2 is 0.757 bits per heavy atom. The number of carboxylic acid groups (broad SMARTS) is 1. The number of carboxylic acids is 1. The number of aliphatic hydroxyl groups excluding tert-OH is 6. The first-order valence-corrected chi connectivity index (χ1v) is 38.0. The molecule has 21 heteroatoms. The van der Waals surface area contributed by atoms with E-state index in [1.54, 1.807) is 136 Å². The van der Waals surface area contributed by atoms with Crippen LogP contribution in [0.15, 0.2) is 209 Å². The molecule has 0 fully saturated rings. The molecule has 0 aromatic carbocycles. The number of carbonyl (C=O) groups excluding carboxylic acids is 5. The third-order valence-electron chi connectivity index (χ3n) is 14.1. The molecule has 0 saturated heterocycles. The van der Waals surface area contributed by atoms with Gasteiger partial charge in [-0.05, 0) is 119 Å². The Balaban J connectivity index is -0.0000000592. The number of rotatable bonds is 46. The van der Waals surface area contributed by atoms with Crippen molar-refractivity contribution in [3.8, 4) is 0 Å². The van der Waals surface area contributed by atoms with Gasteiger partial charge in [0.15, 0.2) is 0 Å². The van der Waals surface area contributed by atoms with Crippen molar-refractivity contribution >= 4 is 47.6 Å². The summed E-state index contributed by atoms with van der Waals surface area (Å²) in [6, 6.07) is 0. The molecule has 6 N–H and O–H groups in total. The van der Waals surface area contributed by atoms with Gasteiger partial charge in [-0.2, -0.15) is 9.59 Å². The maximum atomic E-state index is 11.2. The maximum Gasteiger partial charge on any atom is 1.00 e. The molecule has 111 heavy (non-hydrogen) atoms. The number of aldehydes is 1. The molecular formula is C90H157Cl2I2K2NaO14-2. The van der Waals surface area contributed by atoms with Gasteiger partial charge in [0.05, 0.1) is 61.9 Å². The van der Waals surface area contributed by atoms with Crippen molar-refractivity contribution in [1.82, 2.24) is 0 Å². The number of unbranched alkanes of at least 4 members (excludes halogenated alkanes) is 2. The molecule has 634 valence electrons. The molecule has 0 amide bonds. The van der Waals surface area contributed by atoms with Gasteiger partial charge >= 0.3 is 144 Å². The van der Waals surface area contributed by atoms with E-state index in [1.165, 1.54) is 70.3 Å². The van der Waals surface area contributed by atoms with Gasteiger partial charge < -0.3 is 113 Å². The number of aliphatic carboxylic acids is 1. The van der Waals surface area contributed by atoms with Crippen LogP contribution in [-0.4, -0.2) is 111 Å². The second-order valence-electron chi connectivity index (χ2n) is 23.4. The van der Waals surface area contributed by atoms with Gasteiger partial charge in [0, 0.05) is 12.4 Å². The summed E-state index contributed by atoms with van der Waals surface area (Å²) in [5.74, 6) is 2.37. The summed E-state index contributed by atoms with van der Waals surface area (Å²) in [4.78, 5) is 47.7. The predicted molar refractivity (Wildman–Crippen MR) is 460 cm³/mol. The topological polar surface area (TPSA) is 248 Å². The number of alkyl halides is 2. The van der Waals surface area contributed by atoms with Gasteiger partial charge in [0.1, 0.15) is 6.29 Å². The molecule has 0 rings (SSSR count). The summed E-state index contributed by atoms with van der Waals surface area (Å²) in [6.45, 7) is 42.5. The van der Waals surface area contributed by atoms with Crippen LogP contribution >= 0.6 is 23.2 Å². The fraction of sp³-hybridized carbons (Fsp3) is 0.556. The number of hydrogen-bond donors (Lipinski definition) is 6. The number of ether oxygens (including phenoxy) is 2. The number of methoxy groups -OCH3 is 1. The third kappa shape index (κ3) is 169. The molecule has 0 aromatic heterocycles. The van der Waals surface area contributed by atoms with E-state index in [1.807, 2.05) is 32.1 Å². The first-order chi connectivity index (χ1) is 49.4. The van der Waals surface area contributed by atoms with E-state index in [-0.39, 0.29) is 226 Å². The predicted octanol–water partition coefficient (Wildman–Crippen LogP) is 7.07. The summed E-state index contributed by atoms with van der Waals surface area (Å²) in [5, 5.41) is 68.0. The van der Waals surface area contributed by atoms with Crippen LogP contribution in [0.4, 0.5) is 0 Å². The van der Waals surface area contributed by atoms with Gasteiger partial charge in [0.2, 0.25) is 0 Å². The molecule has 0 unspecified atom stereocenters. The van der Waals surface area contributed by atoms with Crippen LogP contribution in [0, 0.1) is 44.4 Å². The first kappa shape index (κ1) is 155. The third-order valence-corrected chi connectivity index (χ3v) is 14.1. The molecule has 0 spiro atoms. The molecule has 0 radical (unpaired) electrons. The second-order valence-corrected chi connectivity index (χ2v) is 24.2. The van der Waals surface area contributed by atoms with E-state index in [9.17, 15) is 50.1 Å². The minimum absolute atomic E-state index is 0. The van der Waals surface area contributed by atoms with Crippen molar-refractivity contribution in [2.45, 2.75) is 276 Å². The van der Waals surface area contributed by atoms with Gasteiger partial charge in [0.25, 0.3) is 0 Å². The van der Waals surface area contributed by atoms with Gasteiger partial charge in [-0.1, -0.05) is 319 Å². The molecule has 0 aromatic rings. The van der Waals surface area contributed by atoms with Crippen molar-refractivity contribution in [2.75, 3.05) is 19.1 Å². The Morgan fingerprint density at radius 3 is 1.09 bits per heavy atom. The largest absolute Gasteiger partial charge is 1.00 e. The van der Waals surface area contributed by atoms with E-state index < -0.39 is 42.6 Å². The SMILES string of the molecule is C.C=C.C=C.CCCCC[C@H](C)CC.CCC[C@@H](C)CC.CCOC(=O)CCC[C@H](O)\C=C/C=C/C=C/[C@H](O)C/C=C\C=C\[C@H](O)CC.CC[C@@H](C)/C=C/C=C\C[C@@H](C)/C=C/C=C/C=O.CC[C@@H](C)/C=C/OC.CC[C@@H](O)/C=C/C=C\C[C@@H](O)/C=C/C=C/C=C\[C@@H](O)CCCC(=O)[O-].ClCCl.O=C=O.[CH3-].[CH3-].[I-].[I-].[K+].[K+].[Na+].